The van der Waals surface area contributed by atoms with Crippen LogP contribution in [0.1, 0.15) is 23.8 Å². The summed E-state index contributed by atoms with van der Waals surface area (Å²) in [6, 6.07) is 0. The average Bonchev–Trinajstić information content (AvgIpc) is 2.58. The average molecular weight is 256 g/mol. The van der Waals surface area contributed by atoms with Gasteiger partial charge in [0.15, 0.2) is 0 Å². The van der Waals surface area contributed by atoms with Gasteiger partial charge in [-0.2, -0.15) is 0 Å². The van der Waals surface area contributed by atoms with Crippen molar-refractivity contribution in [1.82, 2.24) is 9.97 Å². The molecule has 2 heterocycles. The van der Waals surface area contributed by atoms with E-state index in [1.807, 2.05) is 0 Å². The van der Waals surface area contributed by atoms with E-state index in [0.717, 1.165) is 0 Å². The normalized spacial score (nSPS) is 31.8. The molecule has 0 spiro atoms. The molecule has 1 aliphatic rings. The monoisotopic (exact) mass is 256 g/mol. The van der Waals surface area contributed by atoms with E-state index in [9.17, 15) is 15.0 Å². The van der Waals surface area contributed by atoms with E-state index >= 15 is 0 Å². The van der Waals surface area contributed by atoms with Crippen molar-refractivity contribution in [3.8, 4) is 0 Å². The van der Waals surface area contributed by atoms with Crippen molar-refractivity contribution in [3.63, 3.8) is 0 Å². The molecule has 3 atom stereocenters. The molecule has 4 N–H and O–H groups in total. The molecular weight excluding hydrogens is 240 g/mol. The summed E-state index contributed by atoms with van der Waals surface area (Å²) in [6.45, 7) is 1.35. The van der Waals surface area contributed by atoms with Crippen LogP contribution in [0.2, 0.25) is 0 Å². The second-order valence-electron chi connectivity index (χ2n) is 4.52. The Balaban J connectivity index is 2.28. The van der Waals surface area contributed by atoms with Crippen molar-refractivity contribution >= 4 is 0 Å². The Hall–Kier alpha value is -1.28. The van der Waals surface area contributed by atoms with E-state index in [1.165, 1.54) is 6.20 Å². The van der Waals surface area contributed by atoms with Crippen molar-refractivity contribution in [2.45, 2.75) is 31.2 Å². The van der Waals surface area contributed by atoms with Crippen LogP contribution in [0.25, 0.3) is 0 Å². The van der Waals surface area contributed by atoms with Crippen molar-refractivity contribution in [3.05, 3.63) is 27.9 Å². The number of aryl methyl sites for hydroxylation is 1. The zero-order valence-electron chi connectivity index (χ0n) is 9.96. The molecule has 18 heavy (non-hydrogen) atoms. The predicted octanol–water partition coefficient (Wildman–Crippen LogP) is -1.38. The third-order valence-electron chi connectivity index (χ3n) is 3.25. The van der Waals surface area contributed by atoms with Gasteiger partial charge in [0, 0.05) is 30.5 Å². The Morgan fingerprint density at radius 1 is 1.67 bits per heavy atom. The minimum absolute atomic E-state index is 0.0283. The number of aromatic amines is 1. The largest absolute Gasteiger partial charge is 0.396 e. The molecule has 2 unspecified atom stereocenters. The number of aliphatic hydroxyl groups is 3. The minimum Gasteiger partial charge on any atom is -0.396 e. The van der Waals surface area contributed by atoms with Crippen LogP contribution in [0.4, 0.5) is 0 Å². The Morgan fingerprint density at radius 3 is 3.00 bits per heavy atom. The molecule has 1 fully saturated rings. The van der Waals surface area contributed by atoms with Gasteiger partial charge in [0.25, 0.3) is 0 Å². The van der Waals surface area contributed by atoms with E-state index in [2.05, 4.69) is 9.97 Å². The highest BCUT2D eigenvalue weighted by Crippen LogP contribution is 2.37. The standard InChI is InChI=1S/C11H16N2O5/c1-6-7(4-12-10(16)13-6)8-9(15)11(17,2-3-14)5-18-8/h4,8-9,14-15,17H,2-3,5H2,1H3,(H,12,13,16)/t8-,9?,11?/m0/s1. The van der Waals surface area contributed by atoms with Crippen LogP contribution in [-0.4, -0.2) is 50.2 Å². The molecular formula is C11H16N2O5. The summed E-state index contributed by atoms with van der Waals surface area (Å²) in [5, 5.41) is 29.1. The molecule has 0 radical (unpaired) electrons. The fourth-order valence-electron chi connectivity index (χ4n) is 2.14. The first-order chi connectivity index (χ1) is 8.48. The first-order valence-electron chi connectivity index (χ1n) is 5.66. The number of nitrogens with zero attached hydrogens (tertiary/aromatic N) is 1. The van der Waals surface area contributed by atoms with Gasteiger partial charge in [0.1, 0.15) is 17.8 Å². The minimum atomic E-state index is -1.47. The van der Waals surface area contributed by atoms with Crippen molar-refractivity contribution in [1.29, 1.82) is 0 Å². The van der Waals surface area contributed by atoms with Gasteiger partial charge in [-0.1, -0.05) is 0 Å². The Kier molecular flexibility index (Phi) is 3.49. The van der Waals surface area contributed by atoms with Gasteiger partial charge in [0.05, 0.1) is 6.61 Å². The van der Waals surface area contributed by atoms with Gasteiger partial charge in [-0.15, -0.1) is 0 Å². The van der Waals surface area contributed by atoms with Crippen LogP contribution in [0, 0.1) is 6.92 Å². The first kappa shape index (κ1) is 13.2. The maximum Gasteiger partial charge on any atom is 0.345 e. The fraction of sp³-hybridized carbons (Fsp3) is 0.636. The lowest BCUT2D eigenvalue weighted by molar-refractivity contribution is -0.0631. The number of aromatic nitrogens is 2. The van der Waals surface area contributed by atoms with Crippen LogP contribution in [0.3, 0.4) is 0 Å². The summed E-state index contributed by atoms with van der Waals surface area (Å²) >= 11 is 0. The van der Waals surface area contributed by atoms with Gasteiger partial charge >= 0.3 is 5.69 Å². The summed E-state index contributed by atoms with van der Waals surface area (Å²) in [7, 11) is 0. The Morgan fingerprint density at radius 2 is 2.39 bits per heavy atom. The van der Waals surface area contributed by atoms with Crippen molar-refractivity contribution in [2.75, 3.05) is 13.2 Å². The van der Waals surface area contributed by atoms with Gasteiger partial charge in [-0.25, -0.2) is 9.78 Å². The number of hydrogen-bond donors (Lipinski definition) is 4. The van der Waals surface area contributed by atoms with Crippen LogP contribution in [0.5, 0.6) is 0 Å². The maximum absolute atomic E-state index is 11.0. The van der Waals surface area contributed by atoms with Crippen LogP contribution in [-0.2, 0) is 4.74 Å². The summed E-state index contributed by atoms with van der Waals surface area (Å²) < 4.78 is 5.37. The molecule has 100 valence electrons. The Bertz CT molecular complexity index is 489. The van der Waals surface area contributed by atoms with Crippen LogP contribution >= 0.6 is 0 Å². The van der Waals surface area contributed by atoms with Gasteiger partial charge < -0.3 is 25.0 Å². The third-order valence-corrected chi connectivity index (χ3v) is 3.25. The lowest BCUT2D eigenvalue weighted by Crippen LogP contribution is -2.42. The zero-order valence-corrected chi connectivity index (χ0v) is 9.96. The van der Waals surface area contributed by atoms with E-state index in [0.29, 0.717) is 11.3 Å². The molecule has 1 aromatic rings. The summed E-state index contributed by atoms with van der Waals surface area (Å²) in [6.07, 6.45) is -0.574. The smallest absolute Gasteiger partial charge is 0.345 e. The quantitative estimate of drug-likeness (QED) is 0.530. The van der Waals surface area contributed by atoms with E-state index in [4.69, 9.17) is 9.84 Å². The molecule has 0 aromatic carbocycles. The molecule has 2 rings (SSSR count). The summed E-state index contributed by atoms with van der Waals surface area (Å²) in [5.74, 6) is 0. The second kappa shape index (κ2) is 4.77. The van der Waals surface area contributed by atoms with Gasteiger partial charge in [0.2, 0.25) is 0 Å². The third kappa shape index (κ3) is 2.17. The number of hydrogen-bond acceptors (Lipinski definition) is 6. The highest BCUT2D eigenvalue weighted by molar-refractivity contribution is 5.22. The molecule has 1 aliphatic heterocycles. The van der Waals surface area contributed by atoms with Gasteiger partial charge in [-0.3, -0.25) is 0 Å². The summed E-state index contributed by atoms with van der Waals surface area (Å²) in [5.41, 5.74) is -0.889. The first-order valence-corrected chi connectivity index (χ1v) is 5.66. The molecule has 0 aliphatic carbocycles. The Labute approximate surface area is 103 Å². The second-order valence-corrected chi connectivity index (χ2v) is 4.52. The van der Waals surface area contributed by atoms with Crippen molar-refractivity contribution < 1.29 is 20.1 Å². The van der Waals surface area contributed by atoms with E-state index < -0.39 is 23.5 Å². The molecule has 0 bridgehead atoms. The number of nitrogens with one attached hydrogen (secondary N) is 1. The number of aliphatic hydroxyl groups excluding tert-OH is 2. The molecule has 1 saturated heterocycles. The topological polar surface area (TPSA) is 116 Å². The molecule has 0 saturated carbocycles. The SMILES string of the molecule is Cc1[nH]c(=O)ncc1[C@@H]1OCC(O)(CCO)C1O. The lowest BCUT2D eigenvalue weighted by atomic mass is 9.90. The molecule has 1 aromatic heterocycles. The molecule has 0 amide bonds. The summed E-state index contributed by atoms with van der Waals surface area (Å²) in [4.78, 5) is 17.1. The highest BCUT2D eigenvalue weighted by atomic mass is 16.5. The number of ether oxygens (including phenoxy) is 1. The maximum atomic E-state index is 11.0. The number of rotatable bonds is 3. The van der Waals surface area contributed by atoms with Crippen LogP contribution in [0.15, 0.2) is 11.0 Å². The van der Waals surface area contributed by atoms with E-state index in [1.54, 1.807) is 6.92 Å². The molecule has 7 heteroatoms. The molecule has 7 nitrogen and oxygen atoms in total. The van der Waals surface area contributed by atoms with Crippen molar-refractivity contribution in [2.24, 2.45) is 0 Å². The predicted molar refractivity (Wildman–Crippen MR) is 60.9 cm³/mol. The van der Waals surface area contributed by atoms with Crippen LogP contribution < -0.4 is 5.69 Å². The number of H-pyrrole nitrogens is 1. The van der Waals surface area contributed by atoms with Gasteiger partial charge in [-0.05, 0) is 6.92 Å². The zero-order chi connectivity index (χ0) is 13.3. The van der Waals surface area contributed by atoms with E-state index in [-0.39, 0.29) is 19.6 Å². The fourth-order valence-corrected chi connectivity index (χ4v) is 2.14. The lowest BCUT2D eigenvalue weighted by Gasteiger charge is -2.25. The highest BCUT2D eigenvalue weighted by Gasteiger charge is 2.48.